The van der Waals surface area contributed by atoms with Gasteiger partial charge in [-0.3, -0.25) is 0 Å². The van der Waals surface area contributed by atoms with Gasteiger partial charge in [-0.05, 0) is 17.7 Å². The molecule has 4 rings (SSSR count). The molecule has 4 nitrogen and oxygen atoms in total. The Kier molecular flexibility index (Phi) is 3.09. The van der Waals surface area contributed by atoms with Gasteiger partial charge >= 0.3 is 0 Å². The third kappa shape index (κ3) is 2.28. The van der Waals surface area contributed by atoms with Crippen LogP contribution in [0.3, 0.4) is 0 Å². The van der Waals surface area contributed by atoms with E-state index >= 15 is 0 Å². The van der Waals surface area contributed by atoms with Crippen LogP contribution >= 0.6 is 0 Å². The predicted octanol–water partition coefficient (Wildman–Crippen LogP) is 3.07. The van der Waals surface area contributed by atoms with E-state index in [1.54, 1.807) is 0 Å². The Bertz CT molecular complexity index is 682. The molecule has 0 fully saturated rings. The maximum Gasteiger partial charge on any atom is 0.217 e. The van der Waals surface area contributed by atoms with Gasteiger partial charge in [0.05, 0.1) is 13.2 Å². The van der Waals surface area contributed by atoms with Gasteiger partial charge in [-0.1, -0.05) is 36.4 Å². The fourth-order valence-corrected chi connectivity index (χ4v) is 2.66. The quantitative estimate of drug-likeness (QED) is 0.849. The lowest BCUT2D eigenvalue weighted by molar-refractivity contribution is -0.0165. The average Bonchev–Trinajstić information content (AvgIpc) is 3.05. The van der Waals surface area contributed by atoms with Gasteiger partial charge in [0, 0.05) is 11.1 Å². The number of fused-ring (bicyclic) bond motifs is 1. The summed E-state index contributed by atoms with van der Waals surface area (Å²) in [7, 11) is 0. The van der Waals surface area contributed by atoms with Gasteiger partial charge < -0.3 is 14.2 Å². The van der Waals surface area contributed by atoms with Crippen LogP contribution in [0.4, 0.5) is 0 Å². The van der Waals surface area contributed by atoms with Crippen molar-refractivity contribution in [3.05, 3.63) is 65.2 Å². The second kappa shape index (κ2) is 5.22. The highest BCUT2D eigenvalue weighted by Crippen LogP contribution is 2.31. The third-order valence-corrected chi connectivity index (χ3v) is 3.73. The molecule has 0 radical (unpaired) electrons. The van der Waals surface area contributed by atoms with Gasteiger partial charge in [0.2, 0.25) is 5.90 Å². The summed E-state index contributed by atoms with van der Waals surface area (Å²) in [5.41, 5.74) is 3.12. The van der Waals surface area contributed by atoms with Crippen LogP contribution in [0, 0.1) is 0 Å². The van der Waals surface area contributed by atoms with Crippen LogP contribution in [-0.4, -0.2) is 19.2 Å². The van der Waals surface area contributed by atoms with Crippen LogP contribution < -0.4 is 4.74 Å². The van der Waals surface area contributed by atoms with Crippen LogP contribution in [-0.2, 0) is 16.1 Å². The van der Waals surface area contributed by atoms with Gasteiger partial charge in [0.1, 0.15) is 11.9 Å². The molecule has 2 heterocycles. The van der Waals surface area contributed by atoms with E-state index in [2.05, 4.69) is 17.1 Å². The summed E-state index contributed by atoms with van der Waals surface area (Å²) in [6, 6.07) is 16.1. The lowest BCUT2D eigenvalue weighted by atomic mass is 10.1. The molecule has 2 aromatic rings. The van der Waals surface area contributed by atoms with Crippen LogP contribution in [0.1, 0.15) is 22.8 Å². The van der Waals surface area contributed by atoms with Crippen molar-refractivity contribution in [3.63, 3.8) is 0 Å². The minimum Gasteiger partial charge on any atom is -0.467 e. The number of benzene rings is 2. The van der Waals surface area contributed by atoms with E-state index in [0.29, 0.717) is 25.8 Å². The molecule has 0 aliphatic carbocycles. The Morgan fingerprint density at radius 1 is 1.00 bits per heavy atom. The third-order valence-electron chi connectivity index (χ3n) is 3.73. The molecule has 0 aromatic heterocycles. The summed E-state index contributed by atoms with van der Waals surface area (Å²) >= 11 is 0. The number of hydrogen-bond acceptors (Lipinski definition) is 4. The van der Waals surface area contributed by atoms with Crippen molar-refractivity contribution in [2.45, 2.75) is 12.7 Å². The molecule has 21 heavy (non-hydrogen) atoms. The molecule has 0 spiro atoms. The molecular weight excluding hydrogens is 266 g/mol. The van der Waals surface area contributed by atoms with E-state index in [4.69, 9.17) is 14.2 Å². The molecule has 0 saturated carbocycles. The first-order valence-electron chi connectivity index (χ1n) is 7.00. The van der Waals surface area contributed by atoms with E-state index in [1.807, 2.05) is 36.4 Å². The lowest BCUT2D eigenvalue weighted by Gasteiger charge is -2.20. The Morgan fingerprint density at radius 3 is 2.81 bits per heavy atom. The number of aliphatic imine (C=N–C) groups is 1. The van der Waals surface area contributed by atoms with Gasteiger partial charge in [-0.2, -0.15) is 0 Å². The Labute approximate surface area is 123 Å². The molecule has 1 unspecified atom stereocenters. The summed E-state index contributed by atoms with van der Waals surface area (Å²) in [6.07, 6.45) is -0.0116. The highest BCUT2D eigenvalue weighted by Gasteiger charge is 2.26. The van der Waals surface area contributed by atoms with Crippen molar-refractivity contribution in [1.82, 2.24) is 0 Å². The van der Waals surface area contributed by atoms with Crippen molar-refractivity contribution in [1.29, 1.82) is 0 Å². The van der Waals surface area contributed by atoms with Gasteiger partial charge in [0.25, 0.3) is 0 Å². The normalized spacial score (nSPS) is 20.2. The summed E-state index contributed by atoms with van der Waals surface area (Å²) in [4.78, 5) is 4.56. The van der Waals surface area contributed by atoms with Crippen molar-refractivity contribution in [2.75, 3.05) is 13.3 Å². The topological polar surface area (TPSA) is 40.0 Å². The highest BCUT2D eigenvalue weighted by atomic mass is 16.7. The number of hydrogen-bond donors (Lipinski definition) is 0. The fraction of sp³-hybridized carbons (Fsp3) is 0.235. The molecule has 0 N–H and O–H groups in total. The van der Waals surface area contributed by atoms with E-state index in [-0.39, 0.29) is 6.10 Å². The summed E-state index contributed by atoms with van der Waals surface area (Å²) < 4.78 is 16.9. The Morgan fingerprint density at radius 2 is 1.90 bits per heavy atom. The maximum atomic E-state index is 6.04. The van der Waals surface area contributed by atoms with Crippen molar-refractivity contribution < 1.29 is 14.2 Å². The van der Waals surface area contributed by atoms with Crippen LogP contribution in [0.5, 0.6) is 5.75 Å². The molecule has 2 aromatic carbocycles. The molecule has 0 amide bonds. The lowest BCUT2D eigenvalue weighted by Crippen LogP contribution is -2.16. The molecule has 2 aliphatic heterocycles. The van der Waals surface area contributed by atoms with E-state index in [9.17, 15) is 0 Å². The minimum absolute atomic E-state index is 0.0116. The van der Waals surface area contributed by atoms with Crippen LogP contribution in [0.25, 0.3) is 0 Å². The molecule has 106 valence electrons. The van der Waals surface area contributed by atoms with E-state index < -0.39 is 0 Å². The summed E-state index contributed by atoms with van der Waals surface area (Å²) in [6.45, 7) is 1.48. The summed E-state index contributed by atoms with van der Waals surface area (Å²) in [5.74, 6) is 1.53. The zero-order valence-electron chi connectivity index (χ0n) is 11.5. The highest BCUT2D eigenvalue weighted by molar-refractivity contribution is 5.97. The van der Waals surface area contributed by atoms with Crippen molar-refractivity contribution >= 4 is 5.90 Å². The van der Waals surface area contributed by atoms with Gasteiger partial charge in [-0.15, -0.1) is 0 Å². The fourth-order valence-electron chi connectivity index (χ4n) is 2.66. The van der Waals surface area contributed by atoms with E-state index in [0.717, 1.165) is 22.4 Å². The number of nitrogens with zero attached hydrogens (tertiary/aromatic N) is 1. The molecule has 2 aliphatic rings. The maximum absolute atomic E-state index is 6.04. The molecule has 4 heteroatoms. The average molecular weight is 281 g/mol. The zero-order chi connectivity index (χ0) is 14.1. The molecule has 1 atom stereocenters. The largest absolute Gasteiger partial charge is 0.467 e. The van der Waals surface area contributed by atoms with Gasteiger partial charge in [0.15, 0.2) is 6.79 Å². The molecule has 0 saturated heterocycles. The molecule has 0 bridgehead atoms. The minimum atomic E-state index is -0.0116. The van der Waals surface area contributed by atoms with E-state index in [1.165, 1.54) is 0 Å². The Balaban J connectivity index is 1.61. The second-order valence-corrected chi connectivity index (χ2v) is 5.06. The number of ether oxygens (including phenoxy) is 3. The standard InChI is InChI=1S/C17H15NO3/c1-2-5-12(6-3-1)16-9-18-17(21-16)13-7-4-8-15-14(13)10-19-11-20-15/h1-8,16H,9-11H2. The second-order valence-electron chi connectivity index (χ2n) is 5.06. The first-order valence-corrected chi connectivity index (χ1v) is 7.00. The summed E-state index contributed by atoms with van der Waals surface area (Å²) in [5, 5.41) is 0. The van der Waals surface area contributed by atoms with Crippen LogP contribution in [0.2, 0.25) is 0 Å². The monoisotopic (exact) mass is 281 g/mol. The Hall–Kier alpha value is -2.33. The first-order chi connectivity index (χ1) is 10.4. The zero-order valence-corrected chi connectivity index (χ0v) is 11.5. The van der Waals surface area contributed by atoms with Crippen molar-refractivity contribution in [2.24, 2.45) is 4.99 Å². The number of rotatable bonds is 2. The predicted molar refractivity (Wildman–Crippen MR) is 78.4 cm³/mol. The first kappa shape index (κ1) is 12.4. The smallest absolute Gasteiger partial charge is 0.217 e. The van der Waals surface area contributed by atoms with Gasteiger partial charge in [-0.25, -0.2) is 4.99 Å². The SMILES string of the molecule is c1ccc(C2CN=C(c3cccc4c3COCO4)O2)cc1. The molecular formula is C17H15NO3. The van der Waals surface area contributed by atoms with Crippen molar-refractivity contribution in [3.8, 4) is 5.75 Å². The van der Waals surface area contributed by atoms with Crippen LogP contribution in [0.15, 0.2) is 53.5 Å².